The van der Waals surface area contributed by atoms with E-state index in [1.165, 1.54) is 25.7 Å². The first-order valence-corrected chi connectivity index (χ1v) is 11.3. The zero-order valence-corrected chi connectivity index (χ0v) is 20.0. The van der Waals surface area contributed by atoms with Gasteiger partial charge in [-0.25, -0.2) is 0 Å². The molecule has 0 N–H and O–H groups in total. The summed E-state index contributed by atoms with van der Waals surface area (Å²) in [7, 11) is 0. The zero-order chi connectivity index (χ0) is 22.8. The molecule has 0 aromatic carbocycles. The highest BCUT2D eigenvalue weighted by Crippen LogP contribution is 2.19. The van der Waals surface area contributed by atoms with E-state index in [1.54, 1.807) is 0 Å². The highest BCUT2D eigenvalue weighted by atomic mass is 14.1. The molecule has 1 aliphatic rings. The molecule has 0 atom stereocenters. The van der Waals surface area contributed by atoms with Gasteiger partial charge in [0.25, 0.3) is 0 Å². The molecule has 166 valence electrons. The van der Waals surface area contributed by atoms with Gasteiger partial charge in [-0.15, -0.1) is 39.5 Å². The van der Waals surface area contributed by atoms with Crippen molar-refractivity contribution in [1.29, 1.82) is 0 Å². The predicted octanol–water partition coefficient (Wildman–Crippen LogP) is 10.1. The Bertz CT molecular complexity index is 389. The standard InChI is InChI=1S/C9H16.C8H14.C7H12.C5H8/c1-4-7-9(6-3)8-5-2;1-4-6-8(3)7-5-2;1-2-7-5-3-4-6-7;1-3-5-4-2/h4-5,9H,1-2,6-8H2,3H3;4-5,8H,1-2,6-7H2,3H3;3-4,7H,2,5-6H2,1H3;3-4H,1-2,5H2. The third kappa shape index (κ3) is 28.5. The largest absolute Gasteiger partial charge is 0.103 e. The minimum Gasteiger partial charge on any atom is -0.103 e. The summed E-state index contributed by atoms with van der Waals surface area (Å²) in [6.07, 6.45) is 26.7. The summed E-state index contributed by atoms with van der Waals surface area (Å²) in [5.41, 5.74) is 0. The Balaban J connectivity index is -0.000000317. The molecule has 0 heterocycles. The first-order valence-electron chi connectivity index (χ1n) is 11.3. The molecule has 0 bridgehead atoms. The molecular weight excluding hydrogens is 348 g/mol. The third-order valence-electron chi connectivity index (χ3n) is 4.73. The van der Waals surface area contributed by atoms with Gasteiger partial charge >= 0.3 is 0 Å². The molecule has 0 aromatic rings. The molecule has 0 nitrogen and oxygen atoms in total. The first kappa shape index (κ1) is 31.9. The molecule has 29 heavy (non-hydrogen) atoms. The van der Waals surface area contributed by atoms with Crippen LogP contribution in [0.15, 0.2) is 88.1 Å². The summed E-state index contributed by atoms with van der Waals surface area (Å²) >= 11 is 0. The van der Waals surface area contributed by atoms with Crippen LogP contribution in [0.3, 0.4) is 0 Å². The summed E-state index contributed by atoms with van der Waals surface area (Å²) in [5, 5.41) is 0. The van der Waals surface area contributed by atoms with Gasteiger partial charge in [0.2, 0.25) is 0 Å². The second-order valence-electron chi connectivity index (χ2n) is 7.51. The molecule has 0 unspecified atom stereocenters. The summed E-state index contributed by atoms with van der Waals surface area (Å²) in [5.74, 6) is 2.49. The van der Waals surface area contributed by atoms with E-state index in [-0.39, 0.29) is 0 Å². The van der Waals surface area contributed by atoms with Crippen molar-refractivity contribution >= 4 is 0 Å². The van der Waals surface area contributed by atoms with Crippen LogP contribution in [0.1, 0.15) is 78.6 Å². The van der Waals surface area contributed by atoms with Gasteiger partial charge in [0.1, 0.15) is 0 Å². The molecule has 0 radical (unpaired) electrons. The van der Waals surface area contributed by atoms with Crippen LogP contribution in [0.5, 0.6) is 0 Å². The van der Waals surface area contributed by atoms with Gasteiger partial charge in [0, 0.05) is 0 Å². The van der Waals surface area contributed by atoms with Gasteiger partial charge in [-0.2, -0.15) is 0 Å². The second-order valence-corrected chi connectivity index (χ2v) is 7.51. The maximum atomic E-state index is 3.70. The zero-order valence-electron chi connectivity index (χ0n) is 20.0. The molecule has 0 spiro atoms. The highest BCUT2D eigenvalue weighted by molar-refractivity contribution is 4.93. The topological polar surface area (TPSA) is 0 Å². The quantitative estimate of drug-likeness (QED) is 0.287. The van der Waals surface area contributed by atoms with E-state index in [9.17, 15) is 0 Å². The summed E-state index contributed by atoms with van der Waals surface area (Å²) in [4.78, 5) is 0. The lowest BCUT2D eigenvalue weighted by molar-refractivity contribution is 0.525. The Morgan fingerprint density at radius 3 is 1.34 bits per heavy atom. The van der Waals surface area contributed by atoms with Crippen molar-refractivity contribution in [3.63, 3.8) is 0 Å². The lowest BCUT2D eigenvalue weighted by Crippen LogP contribution is -1.93. The molecular formula is C29H50. The van der Waals surface area contributed by atoms with Crippen LogP contribution in [-0.4, -0.2) is 0 Å². The fourth-order valence-electron chi connectivity index (χ4n) is 2.69. The first-order chi connectivity index (χ1) is 14.0. The van der Waals surface area contributed by atoms with Crippen molar-refractivity contribution in [2.75, 3.05) is 0 Å². The smallest absolute Gasteiger partial charge is 0.0175 e. The molecule has 1 rings (SSSR count). The maximum Gasteiger partial charge on any atom is -0.0175 e. The van der Waals surface area contributed by atoms with Gasteiger partial charge in [-0.3, -0.25) is 0 Å². The van der Waals surface area contributed by atoms with Crippen LogP contribution in [0.2, 0.25) is 0 Å². The lowest BCUT2D eigenvalue weighted by Gasteiger charge is -2.07. The van der Waals surface area contributed by atoms with Gasteiger partial charge in [-0.05, 0) is 62.7 Å². The Hall–Kier alpha value is -1.82. The van der Waals surface area contributed by atoms with Crippen molar-refractivity contribution in [3.05, 3.63) is 88.1 Å². The minimum absolute atomic E-state index is 0.727. The Labute approximate surface area is 184 Å². The van der Waals surface area contributed by atoms with Crippen molar-refractivity contribution in [2.45, 2.75) is 78.6 Å². The van der Waals surface area contributed by atoms with Crippen LogP contribution >= 0.6 is 0 Å². The average molecular weight is 399 g/mol. The molecule has 0 fully saturated rings. The van der Waals surface area contributed by atoms with E-state index < -0.39 is 0 Å². The summed E-state index contributed by atoms with van der Waals surface area (Å²) in [6.45, 7) is 28.3. The maximum absolute atomic E-state index is 3.70. The lowest BCUT2D eigenvalue weighted by atomic mass is 9.99. The van der Waals surface area contributed by atoms with Gasteiger partial charge < -0.3 is 0 Å². The minimum atomic E-state index is 0.727. The van der Waals surface area contributed by atoms with Crippen LogP contribution in [-0.2, 0) is 0 Å². The van der Waals surface area contributed by atoms with E-state index in [4.69, 9.17) is 0 Å². The monoisotopic (exact) mass is 398 g/mol. The number of allylic oxidation sites excluding steroid dienone is 8. The highest BCUT2D eigenvalue weighted by Gasteiger charge is 2.05. The molecule has 0 aromatic heterocycles. The third-order valence-corrected chi connectivity index (χ3v) is 4.73. The molecule has 0 aliphatic heterocycles. The molecule has 0 saturated heterocycles. The van der Waals surface area contributed by atoms with Crippen molar-refractivity contribution in [1.82, 2.24) is 0 Å². The normalized spacial score (nSPS) is 11.8. The number of hydrogen-bond acceptors (Lipinski definition) is 0. The average Bonchev–Trinajstić information content (AvgIpc) is 3.24. The van der Waals surface area contributed by atoms with Crippen LogP contribution in [0, 0.1) is 17.8 Å². The van der Waals surface area contributed by atoms with Crippen molar-refractivity contribution in [3.8, 4) is 0 Å². The number of rotatable bonds is 12. The van der Waals surface area contributed by atoms with E-state index >= 15 is 0 Å². The molecule has 1 aliphatic carbocycles. The Morgan fingerprint density at radius 2 is 1.14 bits per heavy atom. The Kier molecular flexibility index (Phi) is 31.2. The summed E-state index contributed by atoms with van der Waals surface area (Å²) in [6, 6.07) is 0. The van der Waals surface area contributed by atoms with E-state index in [2.05, 4.69) is 72.4 Å². The predicted molar refractivity (Wildman–Crippen MR) is 139 cm³/mol. The molecule has 0 heteroatoms. The van der Waals surface area contributed by atoms with Crippen LogP contribution in [0.4, 0.5) is 0 Å². The molecule has 0 amide bonds. The summed E-state index contributed by atoms with van der Waals surface area (Å²) < 4.78 is 0. The van der Waals surface area contributed by atoms with Crippen molar-refractivity contribution < 1.29 is 0 Å². The van der Waals surface area contributed by atoms with E-state index in [0.29, 0.717) is 0 Å². The van der Waals surface area contributed by atoms with E-state index in [0.717, 1.165) is 49.9 Å². The Morgan fingerprint density at radius 1 is 0.724 bits per heavy atom. The fourth-order valence-corrected chi connectivity index (χ4v) is 2.69. The SMILES string of the molecule is C=CCC(C)CC=C.C=CCC(CC)CC=C.C=CCC=C.CCC1CC=CC1. The van der Waals surface area contributed by atoms with Crippen LogP contribution in [0.25, 0.3) is 0 Å². The van der Waals surface area contributed by atoms with Gasteiger partial charge in [0.05, 0.1) is 0 Å². The van der Waals surface area contributed by atoms with Gasteiger partial charge in [0.15, 0.2) is 0 Å². The molecule has 0 saturated carbocycles. The second kappa shape index (κ2) is 28.4. The van der Waals surface area contributed by atoms with E-state index in [1.807, 2.05) is 36.5 Å². The van der Waals surface area contributed by atoms with Gasteiger partial charge in [-0.1, -0.05) is 82.2 Å². The van der Waals surface area contributed by atoms with Crippen molar-refractivity contribution in [2.24, 2.45) is 17.8 Å². The van der Waals surface area contributed by atoms with Crippen LogP contribution < -0.4 is 0 Å². The number of hydrogen-bond donors (Lipinski definition) is 0. The fraction of sp³-hybridized carbons (Fsp3) is 0.517.